The summed E-state index contributed by atoms with van der Waals surface area (Å²) < 4.78 is 25.3. The summed E-state index contributed by atoms with van der Waals surface area (Å²) in [5.41, 5.74) is 3.41. The summed E-state index contributed by atoms with van der Waals surface area (Å²) >= 11 is 0. The van der Waals surface area contributed by atoms with Crippen molar-refractivity contribution in [1.29, 1.82) is 0 Å². The van der Waals surface area contributed by atoms with Crippen molar-refractivity contribution in [1.82, 2.24) is 30.2 Å². The number of sulfonamides is 1. The van der Waals surface area contributed by atoms with Crippen molar-refractivity contribution in [2.24, 2.45) is 5.14 Å². The van der Waals surface area contributed by atoms with Crippen molar-refractivity contribution in [3.8, 4) is 0 Å². The topological polar surface area (TPSA) is 230 Å². The number of carbonyl (C=O) groups excluding carboxylic acids is 2. The molecule has 2 fully saturated rings. The lowest BCUT2D eigenvalue weighted by Crippen LogP contribution is -2.42. The summed E-state index contributed by atoms with van der Waals surface area (Å²) in [6.07, 6.45) is 0.276. The van der Waals surface area contributed by atoms with Crippen LogP contribution >= 0.6 is 0 Å². The van der Waals surface area contributed by atoms with E-state index in [-0.39, 0.29) is 41.3 Å². The Morgan fingerprint density at radius 3 is 2.33 bits per heavy atom. The molecular formula is C38H44N10O6S. The first-order chi connectivity index (χ1) is 26.5. The van der Waals surface area contributed by atoms with Crippen LogP contribution in [-0.2, 0) is 14.8 Å². The predicted octanol–water partition coefficient (Wildman–Crippen LogP) is 2.68. The SMILES string of the molecule is CCC(=O)N[C@H]1C[C@@H](n2cnc3c(NCC(c4ccccc4)c4ccccc4)nc(N4CCC(NC(=O)Nc5cccc(S(N)(=O)=O)c5)C4)nc32)[C@H](O)[C@@H]1O. The van der Waals surface area contributed by atoms with Crippen molar-refractivity contribution in [3.63, 3.8) is 0 Å². The largest absolute Gasteiger partial charge is 0.388 e. The van der Waals surface area contributed by atoms with Gasteiger partial charge in [0.05, 0.1) is 23.3 Å². The van der Waals surface area contributed by atoms with Crippen LogP contribution in [0.25, 0.3) is 11.2 Å². The van der Waals surface area contributed by atoms with E-state index in [1.54, 1.807) is 23.9 Å². The predicted molar refractivity (Wildman–Crippen MR) is 207 cm³/mol. The van der Waals surface area contributed by atoms with Crippen LogP contribution in [0, 0.1) is 0 Å². The number of hydrogen-bond donors (Lipinski definition) is 7. The molecule has 3 heterocycles. The van der Waals surface area contributed by atoms with E-state index in [9.17, 15) is 28.2 Å². The number of carbonyl (C=O) groups is 2. The van der Waals surface area contributed by atoms with E-state index in [0.29, 0.717) is 49.0 Å². The molecule has 1 saturated heterocycles. The summed E-state index contributed by atoms with van der Waals surface area (Å²) in [4.78, 5) is 41.6. The zero-order chi connectivity index (χ0) is 38.7. The normalized spacial score (nSPS) is 21.2. The second kappa shape index (κ2) is 16.0. The van der Waals surface area contributed by atoms with E-state index >= 15 is 0 Å². The first-order valence-electron chi connectivity index (χ1n) is 18.2. The molecule has 1 aliphatic heterocycles. The molecule has 1 aliphatic carbocycles. The van der Waals surface area contributed by atoms with Crippen LogP contribution in [0.3, 0.4) is 0 Å². The van der Waals surface area contributed by atoms with Gasteiger partial charge in [0.2, 0.25) is 21.9 Å². The third kappa shape index (κ3) is 8.39. The number of hydrogen-bond acceptors (Lipinski definition) is 11. The number of primary sulfonamides is 1. The van der Waals surface area contributed by atoms with Crippen molar-refractivity contribution in [3.05, 3.63) is 102 Å². The second-order valence-corrected chi connectivity index (χ2v) is 15.4. The van der Waals surface area contributed by atoms with Gasteiger partial charge in [-0.2, -0.15) is 9.97 Å². The highest BCUT2D eigenvalue weighted by molar-refractivity contribution is 7.89. The lowest BCUT2D eigenvalue weighted by Gasteiger charge is -2.22. The van der Waals surface area contributed by atoms with Crippen molar-refractivity contribution in [2.45, 2.75) is 67.3 Å². The Morgan fingerprint density at radius 2 is 1.65 bits per heavy atom. The van der Waals surface area contributed by atoms with E-state index in [0.717, 1.165) is 11.1 Å². The Bertz CT molecular complexity index is 2220. The molecule has 17 heteroatoms. The molecule has 2 aliphatic rings. The van der Waals surface area contributed by atoms with Crippen LogP contribution in [0.15, 0.2) is 96.2 Å². The first-order valence-corrected chi connectivity index (χ1v) is 19.7. The molecule has 5 atom stereocenters. The minimum Gasteiger partial charge on any atom is -0.388 e. The molecule has 55 heavy (non-hydrogen) atoms. The summed E-state index contributed by atoms with van der Waals surface area (Å²) in [6.45, 7) is 3.08. The monoisotopic (exact) mass is 768 g/mol. The van der Waals surface area contributed by atoms with E-state index in [1.807, 2.05) is 41.3 Å². The molecule has 3 amide bonds. The van der Waals surface area contributed by atoms with E-state index in [4.69, 9.17) is 20.1 Å². The number of nitrogens with zero attached hydrogens (tertiary/aromatic N) is 5. The number of urea groups is 1. The van der Waals surface area contributed by atoms with Crippen molar-refractivity contribution < 1.29 is 28.2 Å². The van der Waals surface area contributed by atoms with Gasteiger partial charge < -0.3 is 40.9 Å². The number of fused-ring (bicyclic) bond motifs is 1. The molecule has 0 radical (unpaired) electrons. The molecule has 16 nitrogen and oxygen atoms in total. The molecule has 1 unspecified atom stereocenters. The molecule has 8 N–H and O–H groups in total. The Morgan fingerprint density at radius 1 is 0.945 bits per heavy atom. The van der Waals surface area contributed by atoms with Crippen LogP contribution in [-0.4, -0.2) is 94.0 Å². The standard InChI is InChI=1S/C38H44N10O6S/c1-2-31(49)44-29-19-30(34(51)33(29)50)48-22-41-32-35(40-20-28(23-10-5-3-6-11-23)24-12-7-4-8-13-24)45-37(46-36(32)48)47-17-16-26(21-47)43-38(52)42-25-14-9-15-27(18-25)55(39,53)54/h3-15,18,22,26,28-30,33-34,50-51H,2,16-17,19-21H2,1H3,(H,44,49)(H2,39,53,54)(H,40,45,46)(H2,42,43,52)/t26?,29-,30+,33+,34-/m0/s1. The Balaban J connectivity index is 1.16. The van der Waals surface area contributed by atoms with Gasteiger partial charge in [-0.05, 0) is 42.2 Å². The van der Waals surface area contributed by atoms with Crippen LogP contribution in [0.5, 0.6) is 0 Å². The maximum absolute atomic E-state index is 13.0. The quantitative estimate of drug-likeness (QED) is 0.0976. The zero-order valence-corrected chi connectivity index (χ0v) is 30.9. The number of amides is 3. The van der Waals surface area contributed by atoms with Gasteiger partial charge in [-0.3, -0.25) is 4.79 Å². The van der Waals surface area contributed by atoms with Crippen LogP contribution in [0.2, 0.25) is 0 Å². The highest BCUT2D eigenvalue weighted by Crippen LogP contribution is 2.35. The number of imidazole rings is 1. The Kier molecular flexibility index (Phi) is 11.0. The molecule has 0 spiro atoms. The number of benzene rings is 3. The summed E-state index contributed by atoms with van der Waals surface area (Å²) in [6, 6.07) is 23.9. The summed E-state index contributed by atoms with van der Waals surface area (Å²) in [7, 11) is -3.94. The molecule has 0 bridgehead atoms. The lowest BCUT2D eigenvalue weighted by molar-refractivity contribution is -0.122. The average Bonchev–Trinajstić information content (AvgIpc) is 3.90. The Labute approximate surface area is 318 Å². The van der Waals surface area contributed by atoms with E-state index in [1.165, 1.54) is 18.2 Å². The number of nitrogens with two attached hydrogens (primary N) is 1. The zero-order valence-electron chi connectivity index (χ0n) is 30.1. The van der Waals surface area contributed by atoms with Crippen molar-refractivity contribution in [2.75, 3.05) is 35.2 Å². The molecule has 1 saturated carbocycles. The van der Waals surface area contributed by atoms with Gasteiger partial charge in [0.15, 0.2) is 17.0 Å². The molecule has 3 aromatic carbocycles. The number of aromatic nitrogens is 4. The minimum atomic E-state index is -3.94. The highest BCUT2D eigenvalue weighted by Gasteiger charge is 2.44. The third-order valence-electron chi connectivity index (χ3n) is 10.2. The maximum atomic E-state index is 13.0. The van der Waals surface area contributed by atoms with Crippen LogP contribution in [0.1, 0.15) is 49.3 Å². The third-order valence-corrected chi connectivity index (χ3v) is 11.1. The van der Waals surface area contributed by atoms with Gasteiger partial charge in [-0.15, -0.1) is 0 Å². The first kappa shape index (κ1) is 37.7. The van der Waals surface area contributed by atoms with Crippen LogP contribution < -0.4 is 31.3 Å². The number of aliphatic hydroxyl groups is 2. The number of aliphatic hydroxyl groups excluding tert-OH is 2. The molecule has 7 rings (SSSR count). The Hall–Kier alpha value is -5.62. The fourth-order valence-electron chi connectivity index (χ4n) is 7.31. The smallest absolute Gasteiger partial charge is 0.319 e. The minimum absolute atomic E-state index is 0.0304. The lowest BCUT2D eigenvalue weighted by atomic mass is 9.91. The fraction of sp³-hybridized carbons (Fsp3) is 0.342. The maximum Gasteiger partial charge on any atom is 0.319 e. The highest BCUT2D eigenvalue weighted by atomic mass is 32.2. The number of rotatable bonds is 12. The van der Waals surface area contributed by atoms with Gasteiger partial charge in [0, 0.05) is 43.7 Å². The molecular weight excluding hydrogens is 725 g/mol. The fourth-order valence-corrected chi connectivity index (χ4v) is 7.87. The van der Waals surface area contributed by atoms with Gasteiger partial charge >= 0.3 is 6.03 Å². The van der Waals surface area contributed by atoms with Gasteiger partial charge in [0.25, 0.3) is 0 Å². The number of nitrogens with one attached hydrogen (secondary N) is 4. The average molecular weight is 769 g/mol. The second-order valence-electron chi connectivity index (χ2n) is 13.9. The summed E-state index contributed by atoms with van der Waals surface area (Å²) in [5.74, 6) is 0.598. The molecule has 288 valence electrons. The van der Waals surface area contributed by atoms with Gasteiger partial charge in [-0.25, -0.2) is 23.3 Å². The molecule has 2 aromatic heterocycles. The summed E-state index contributed by atoms with van der Waals surface area (Å²) in [5, 5.41) is 39.3. The van der Waals surface area contributed by atoms with Gasteiger partial charge in [-0.1, -0.05) is 73.7 Å². The van der Waals surface area contributed by atoms with Crippen LogP contribution in [0.4, 0.5) is 22.2 Å². The van der Waals surface area contributed by atoms with E-state index in [2.05, 4.69) is 45.5 Å². The number of anilines is 3. The van der Waals surface area contributed by atoms with Gasteiger partial charge in [0.1, 0.15) is 12.2 Å². The van der Waals surface area contributed by atoms with E-state index < -0.39 is 40.3 Å². The molecule has 5 aromatic rings. The van der Waals surface area contributed by atoms with Crippen molar-refractivity contribution >= 4 is 50.6 Å².